The second kappa shape index (κ2) is 9.78. The molecule has 36 heavy (non-hydrogen) atoms. The Bertz CT molecular complexity index is 1500. The predicted molar refractivity (Wildman–Crippen MR) is 141 cm³/mol. The van der Waals surface area contributed by atoms with Crippen LogP contribution in [0.15, 0.2) is 74.5 Å². The van der Waals surface area contributed by atoms with Gasteiger partial charge in [0.05, 0.1) is 30.7 Å². The van der Waals surface area contributed by atoms with Crippen LogP contribution in [0.2, 0.25) is 0 Å². The van der Waals surface area contributed by atoms with E-state index in [-0.39, 0.29) is 16.8 Å². The number of nitrogens with zero attached hydrogens (tertiary/aromatic N) is 2. The molecule has 1 aliphatic rings. The molecule has 8 heteroatoms. The molecule has 1 aliphatic heterocycles. The van der Waals surface area contributed by atoms with Crippen molar-refractivity contribution in [3.63, 3.8) is 0 Å². The maximum absolute atomic E-state index is 13.8. The first kappa shape index (κ1) is 24.1. The zero-order chi connectivity index (χ0) is 25.4. The van der Waals surface area contributed by atoms with Crippen molar-refractivity contribution in [3.8, 4) is 11.5 Å². The largest absolute Gasteiger partial charge is 0.493 e. The lowest BCUT2D eigenvalue weighted by molar-refractivity contribution is 0.0970. The fourth-order valence-corrected chi connectivity index (χ4v) is 4.73. The molecule has 3 heterocycles. The molecule has 1 amide bonds. The van der Waals surface area contributed by atoms with E-state index in [1.807, 2.05) is 12.1 Å². The summed E-state index contributed by atoms with van der Waals surface area (Å²) in [4.78, 5) is 33.3. The van der Waals surface area contributed by atoms with Crippen LogP contribution >= 0.6 is 15.9 Å². The summed E-state index contributed by atoms with van der Waals surface area (Å²) in [5.41, 5.74) is 1.04. The van der Waals surface area contributed by atoms with Crippen LogP contribution in [0.5, 0.6) is 11.5 Å². The fourth-order valence-electron chi connectivity index (χ4n) is 4.37. The number of amides is 1. The molecule has 0 spiro atoms. The maximum Gasteiger partial charge on any atom is 0.296 e. The van der Waals surface area contributed by atoms with Gasteiger partial charge in [0.25, 0.3) is 5.91 Å². The highest BCUT2D eigenvalue weighted by atomic mass is 79.9. The summed E-state index contributed by atoms with van der Waals surface area (Å²) in [6.45, 7) is 4.83. The first-order valence-electron chi connectivity index (χ1n) is 11.7. The van der Waals surface area contributed by atoms with Crippen LogP contribution in [0.4, 0.5) is 5.82 Å². The molecular formula is C28H25BrN2O5. The molecule has 0 saturated heterocycles. The van der Waals surface area contributed by atoms with Gasteiger partial charge in [0.1, 0.15) is 11.4 Å². The SMILES string of the molecule is COc1cc(C2c3c(oc4ccc(Br)cc4c3=O)C(=O)N2c2ccccn2)ccc1OCCC(C)C. The van der Waals surface area contributed by atoms with E-state index in [1.54, 1.807) is 55.8 Å². The lowest BCUT2D eigenvalue weighted by Crippen LogP contribution is -2.30. The van der Waals surface area contributed by atoms with E-state index in [0.717, 1.165) is 10.9 Å². The third-order valence-corrected chi connectivity index (χ3v) is 6.68. The minimum atomic E-state index is -0.749. The number of benzene rings is 2. The van der Waals surface area contributed by atoms with E-state index in [1.165, 1.54) is 4.90 Å². The average molecular weight is 549 g/mol. The highest BCUT2D eigenvalue weighted by Gasteiger charge is 2.44. The van der Waals surface area contributed by atoms with Crippen molar-refractivity contribution in [2.45, 2.75) is 26.3 Å². The highest BCUT2D eigenvalue weighted by Crippen LogP contribution is 2.42. The summed E-state index contributed by atoms with van der Waals surface area (Å²) in [5.74, 6) is 1.64. The molecular weight excluding hydrogens is 524 g/mol. The second-order valence-electron chi connectivity index (χ2n) is 9.02. The molecule has 2 aromatic carbocycles. The summed E-state index contributed by atoms with van der Waals surface area (Å²) >= 11 is 3.43. The zero-order valence-electron chi connectivity index (χ0n) is 20.2. The number of hydrogen-bond donors (Lipinski definition) is 0. The number of aromatic nitrogens is 1. The van der Waals surface area contributed by atoms with E-state index in [2.05, 4.69) is 34.8 Å². The number of carbonyl (C=O) groups excluding carboxylic acids is 1. The zero-order valence-corrected chi connectivity index (χ0v) is 21.7. The Morgan fingerprint density at radius 2 is 1.92 bits per heavy atom. The van der Waals surface area contributed by atoms with Gasteiger partial charge < -0.3 is 13.9 Å². The number of rotatable bonds is 7. The molecule has 184 valence electrons. The summed E-state index contributed by atoms with van der Waals surface area (Å²) < 4.78 is 18.3. The molecule has 1 atom stereocenters. The first-order valence-corrected chi connectivity index (χ1v) is 12.5. The van der Waals surface area contributed by atoms with Crippen molar-refractivity contribution in [2.75, 3.05) is 18.6 Å². The number of carbonyl (C=O) groups is 1. The Morgan fingerprint density at radius 3 is 2.64 bits per heavy atom. The Morgan fingerprint density at radius 1 is 1.08 bits per heavy atom. The normalized spacial score (nSPS) is 15.0. The van der Waals surface area contributed by atoms with E-state index in [0.29, 0.717) is 46.4 Å². The van der Waals surface area contributed by atoms with Gasteiger partial charge in [-0.15, -0.1) is 0 Å². The molecule has 0 bridgehead atoms. The van der Waals surface area contributed by atoms with Crippen LogP contribution in [0.3, 0.4) is 0 Å². The van der Waals surface area contributed by atoms with Gasteiger partial charge in [0, 0.05) is 10.7 Å². The Hall–Kier alpha value is -3.65. The number of fused-ring (bicyclic) bond motifs is 2. The van der Waals surface area contributed by atoms with E-state index < -0.39 is 11.9 Å². The standard InChI is InChI=1S/C28H25BrN2O5/c1-16(2)11-13-35-21-9-7-17(14-22(21)34-3)25-24-26(32)19-15-18(29)8-10-20(19)36-27(24)28(33)31(25)23-6-4-5-12-30-23/h4-10,12,14-16,25H,11,13H2,1-3H3. The van der Waals surface area contributed by atoms with Crippen LogP contribution in [0.1, 0.15) is 48.0 Å². The van der Waals surface area contributed by atoms with Crippen molar-refractivity contribution < 1.29 is 18.7 Å². The number of halogens is 1. The smallest absolute Gasteiger partial charge is 0.296 e. The molecule has 2 aromatic heterocycles. The van der Waals surface area contributed by atoms with Gasteiger partial charge in [-0.2, -0.15) is 0 Å². The van der Waals surface area contributed by atoms with Crippen LogP contribution in [-0.4, -0.2) is 24.6 Å². The number of anilines is 1. The second-order valence-corrected chi connectivity index (χ2v) is 9.94. The van der Waals surface area contributed by atoms with Gasteiger partial charge in [0.15, 0.2) is 16.9 Å². The predicted octanol–water partition coefficient (Wildman–Crippen LogP) is 6.13. The van der Waals surface area contributed by atoms with Crippen molar-refractivity contribution >= 4 is 38.6 Å². The molecule has 0 saturated carbocycles. The Balaban J connectivity index is 1.68. The average Bonchev–Trinajstić information content (AvgIpc) is 3.17. The molecule has 1 unspecified atom stereocenters. The summed E-state index contributed by atoms with van der Waals surface area (Å²) in [7, 11) is 1.57. The molecule has 0 N–H and O–H groups in total. The summed E-state index contributed by atoms with van der Waals surface area (Å²) in [6.07, 6.45) is 2.52. The lowest BCUT2D eigenvalue weighted by Gasteiger charge is -2.25. The number of hydrogen-bond acceptors (Lipinski definition) is 6. The number of ether oxygens (including phenoxy) is 2. The van der Waals surface area contributed by atoms with Crippen LogP contribution < -0.4 is 19.8 Å². The third-order valence-electron chi connectivity index (χ3n) is 6.18. The molecule has 4 aromatic rings. The maximum atomic E-state index is 13.8. The minimum absolute atomic E-state index is 0.0155. The fraction of sp³-hybridized carbons (Fsp3) is 0.250. The lowest BCUT2D eigenvalue weighted by atomic mass is 9.98. The Labute approximate surface area is 216 Å². The Kier molecular flexibility index (Phi) is 6.53. The van der Waals surface area contributed by atoms with E-state index in [4.69, 9.17) is 13.9 Å². The molecule has 5 rings (SSSR count). The van der Waals surface area contributed by atoms with Crippen LogP contribution in [0, 0.1) is 5.92 Å². The van der Waals surface area contributed by atoms with Crippen molar-refractivity contribution in [3.05, 3.63) is 92.4 Å². The minimum Gasteiger partial charge on any atom is -0.493 e. The van der Waals surface area contributed by atoms with Gasteiger partial charge in [-0.1, -0.05) is 41.9 Å². The van der Waals surface area contributed by atoms with E-state index in [9.17, 15) is 9.59 Å². The van der Waals surface area contributed by atoms with Gasteiger partial charge in [0.2, 0.25) is 5.76 Å². The first-order chi connectivity index (χ1) is 17.4. The van der Waals surface area contributed by atoms with Crippen molar-refractivity contribution in [2.24, 2.45) is 5.92 Å². The molecule has 0 radical (unpaired) electrons. The number of pyridine rings is 1. The molecule has 7 nitrogen and oxygen atoms in total. The van der Waals surface area contributed by atoms with Gasteiger partial charge in [-0.05, 0) is 60.4 Å². The van der Waals surface area contributed by atoms with Gasteiger partial charge in [-0.25, -0.2) is 4.98 Å². The third kappa shape index (κ3) is 4.26. The highest BCUT2D eigenvalue weighted by molar-refractivity contribution is 9.10. The summed E-state index contributed by atoms with van der Waals surface area (Å²) in [6, 6.07) is 15.2. The quantitative estimate of drug-likeness (QED) is 0.276. The van der Waals surface area contributed by atoms with Crippen LogP contribution in [0.25, 0.3) is 11.0 Å². The van der Waals surface area contributed by atoms with Crippen molar-refractivity contribution in [1.29, 1.82) is 0 Å². The van der Waals surface area contributed by atoms with Crippen LogP contribution in [-0.2, 0) is 0 Å². The molecule has 0 aliphatic carbocycles. The number of methoxy groups -OCH3 is 1. The summed E-state index contributed by atoms with van der Waals surface area (Å²) in [5, 5.41) is 0.393. The monoisotopic (exact) mass is 548 g/mol. The topological polar surface area (TPSA) is 81.9 Å². The van der Waals surface area contributed by atoms with Gasteiger partial charge in [-0.3, -0.25) is 14.5 Å². The van der Waals surface area contributed by atoms with E-state index >= 15 is 0 Å². The van der Waals surface area contributed by atoms with Gasteiger partial charge >= 0.3 is 0 Å². The molecule has 0 fully saturated rings. The van der Waals surface area contributed by atoms with Crippen molar-refractivity contribution in [1.82, 2.24) is 4.98 Å².